The molecule has 0 radical (unpaired) electrons. The monoisotopic (exact) mass is 278 g/mol. The van der Waals surface area contributed by atoms with Crippen LogP contribution in [0.1, 0.15) is 19.4 Å². The van der Waals surface area contributed by atoms with Gasteiger partial charge in [-0.1, -0.05) is 18.2 Å². The summed E-state index contributed by atoms with van der Waals surface area (Å²) >= 11 is 0. The average molecular weight is 278 g/mol. The van der Waals surface area contributed by atoms with Gasteiger partial charge >= 0.3 is 6.09 Å². The van der Waals surface area contributed by atoms with Gasteiger partial charge in [0.15, 0.2) is 0 Å². The molecule has 1 amide bonds. The predicted octanol–water partition coefficient (Wildman–Crippen LogP) is 1.86. The number of benzene rings is 1. The number of carbonyl (C=O) groups is 1. The van der Waals surface area contributed by atoms with Crippen LogP contribution in [0.2, 0.25) is 0 Å². The molecule has 0 bridgehead atoms. The van der Waals surface area contributed by atoms with Crippen LogP contribution in [-0.2, 0) is 11.2 Å². The van der Waals surface area contributed by atoms with Crippen molar-refractivity contribution < 1.29 is 14.6 Å². The maximum atomic E-state index is 12.1. The Bertz CT molecular complexity index is 488. The average Bonchev–Trinajstić information content (AvgIpc) is 2.45. The smallest absolute Gasteiger partial charge is 0.410 e. The van der Waals surface area contributed by atoms with Crippen LogP contribution in [0.25, 0.3) is 0 Å². The molecule has 0 aromatic heterocycles. The number of amides is 1. The van der Waals surface area contributed by atoms with Crippen molar-refractivity contribution >= 4 is 11.8 Å². The van der Waals surface area contributed by atoms with Crippen molar-refractivity contribution in [3.8, 4) is 0 Å². The van der Waals surface area contributed by atoms with Crippen LogP contribution in [0.3, 0.4) is 0 Å². The van der Waals surface area contributed by atoms with Crippen LogP contribution in [0.4, 0.5) is 10.5 Å². The Morgan fingerprint density at radius 3 is 2.90 bits per heavy atom. The van der Waals surface area contributed by atoms with E-state index < -0.39 is 11.7 Å². The predicted molar refractivity (Wildman–Crippen MR) is 77.8 cm³/mol. The van der Waals surface area contributed by atoms with Crippen molar-refractivity contribution in [1.29, 1.82) is 0 Å². The van der Waals surface area contributed by atoms with E-state index in [4.69, 9.17) is 9.84 Å². The number of hydrogen-bond acceptors (Lipinski definition) is 4. The normalized spacial score (nSPS) is 17.9. The lowest BCUT2D eigenvalue weighted by Gasteiger charge is -2.34. The largest absolute Gasteiger partial charge is 0.441 e. The molecule has 1 aromatic rings. The third kappa shape index (κ3) is 3.22. The number of nitrogens with zero attached hydrogens (tertiary/aromatic N) is 1. The van der Waals surface area contributed by atoms with Gasteiger partial charge in [0.1, 0.15) is 5.60 Å². The van der Waals surface area contributed by atoms with Crippen LogP contribution >= 0.6 is 0 Å². The van der Waals surface area contributed by atoms with Gasteiger partial charge in [-0.2, -0.15) is 0 Å². The van der Waals surface area contributed by atoms with Crippen LogP contribution in [0.15, 0.2) is 24.3 Å². The van der Waals surface area contributed by atoms with Gasteiger partial charge in [-0.05, 0) is 31.9 Å². The maximum absolute atomic E-state index is 12.1. The van der Waals surface area contributed by atoms with E-state index in [0.29, 0.717) is 6.54 Å². The summed E-state index contributed by atoms with van der Waals surface area (Å²) in [4.78, 5) is 13.7. The summed E-state index contributed by atoms with van der Waals surface area (Å²) in [6, 6.07) is 8.14. The van der Waals surface area contributed by atoms with Crippen LogP contribution < -0.4 is 5.32 Å². The lowest BCUT2D eigenvalue weighted by Crippen LogP contribution is -2.47. The molecular formula is C15H22N2O3. The zero-order chi connectivity index (χ0) is 14.8. The molecule has 2 rings (SSSR count). The van der Waals surface area contributed by atoms with Gasteiger partial charge in [-0.25, -0.2) is 4.79 Å². The van der Waals surface area contributed by atoms with Crippen molar-refractivity contribution in [2.24, 2.45) is 0 Å². The second kappa shape index (κ2) is 5.71. The first-order valence-electron chi connectivity index (χ1n) is 6.81. The minimum absolute atomic E-state index is 0.0480. The van der Waals surface area contributed by atoms with Crippen molar-refractivity contribution in [2.45, 2.75) is 31.9 Å². The van der Waals surface area contributed by atoms with Gasteiger partial charge in [0.2, 0.25) is 0 Å². The molecule has 110 valence electrons. The van der Waals surface area contributed by atoms with Gasteiger partial charge < -0.3 is 20.1 Å². The fourth-order valence-corrected chi connectivity index (χ4v) is 2.19. The summed E-state index contributed by atoms with van der Waals surface area (Å²) < 4.78 is 5.30. The second-order valence-corrected chi connectivity index (χ2v) is 5.79. The Morgan fingerprint density at radius 1 is 1.50 bits per heavy atom. The van der Waals surface area contributed by atoms with Crippen LogP contribution in [-0.4, -0.2) is 47.9 Å². The minimum Gasteiger partial charge on any atom is -0.441 e. The second-order valence-electron chi connectivity index (χ2n) is 5.79. The molecular weight excluding hydrogens is 256 g/mol. The number of likely N-dealkylation sites (N-methyl/N-ethyl adjacent to an activating group) is 1. The molecule has 0 aliphatic carbocycles. The Morgan fingerprint density at radius 2 is 2.20 bits per heavy atom. The summed E-state index contributed by atoms with van der Waals surface area (Å²) in [5.41, 5.74) is 1.47. The highest BCUT2D eigenvalue weighted by molar-refractivity contribution is 5.69. The van der Waals surface area contributed by atoms with E-state index in [9.17, 15) is 4.79 Å². The summed E-state index contributed by atoms with van der Waals surface area (Å²) in [6.45, 7) is 3.88. The number of anilines is 1. The van der Waals surface area contributed by atoms with E-state index >= 15 is 0 Å². The first kappa shape index (κ1) is 14.7. The Kier molecular flexibility index (Phi) is 4.18. The SMILES string of the molecule is CN(C(=O)OC(C)(C)CO)C1CNc2ccccc2C1. The van der Waals surface area contributed by atoms with E-state index in [-0.39, 0.29) is 12.6 Å². The van der Waals surface area contributed by atoms with Gasteiger partial charge in [0.05, 0.1) is 12.6 Å². The van der Waals surface area contributed by atoms with Gasteiger partial charge in [0, 0.05) is 19.3 Å². The van der Waals surface area contributed by atoms with Gasteiger partial charge in [-0.15, -0.1) is 0 Å². The number of ether oxygens (including phenoxy) is 1. The van der Waals surface area contributed by atoms with E-state index in [1.54, 1.807) is 25.8 Å². The Hall–Kier alpha value is -1.75. The summed E-state index contributed by atoms with van der Waals surface area (Å²) in [7, 11) is 1.73. The first-order chi connectivity index (χ1) is 9.43. The van der Waals surface area contributed by atoms with E-state index in [1.807, 2.05) is 18.2 Å². The molecule has 1 heterocycles. The first-order valence-corrected chi connectivity index (χ1v) is 6.81. The zero-order valence-electron chi connectivity index (χ0n) is 12.2. The third-order valence-electron chi connectivity index (χ3n) is 3.58. The van der Waals surface area contributed by atoms with Crippen molar-refractivity contribution in [3.63, 3.8) is 0 Å². The number of aliphatic hydroxyl groups excluding tert-OH is 1. The van der Waals surface area contributed by atoms with Crippen molar-refractivity contribution in [1.82, 2.24) is 4.90 Å². The quantitative estimate of drug-likeness (QED) is 0.886. The highest BCUT2D eigenvalue weighted by atomic mass is 16.6. The molecule has 1 atom stereocenters. The Balaban J connectivity index is 2.01. The molecule has 0 saturated heterocycles. The molecule has 1 aliphatic rings. The number of rotatable bonds is 3. The minimum atomic E-state index is -0.856. The molecule has 0 fully saturated rings. The molecule has 0 saturated carbocycles. The van der Waals surface area contributed by atoms with E-state index in [1.165, 1.54) is 5.56 Å². The summed E-state index contributed by atoms with van der Waals surface area (Å²) in [6.07, 6.45) is 0.393. The lowest BCUT2D eigenvalue weighted by atomic mass is 9.99. The molecule has 2 N–H and O–H groups in total. The molecule has 5 nitrogen and oxygen atoms in total. The van der Waals surface area contributed by atoms with E-state index in [0.717, 1.165) is 12.1 Å². The molecule has 1 unspecified atom stereocenters. The summed E-state index contributed by atoms with van der Waals surface area (Å²) in [5.74, 6) is 0. The zero-order valence-corrected chi connectivity index (χ0v) is 12.2. The number of para-hydroxylation sites is 1. The highest BCUT2D eigenvalue weighted by Gasteiger charge is 2.29. The molecule has 0 spiro atoms. The van der Waals surface area contributed by atoms with Crippen LogP contribution in [0, 0.1) is 0 Å². The standard InChI is InChI=1S/C15H22N2O3/c1-15(2,10-18)20-14(19)17(3)12-8-11-6-4-5-7-13(11)16-9-12/h4-7,12,16,18H,8-10H2,1-3H3. The number of nitrogens with one attached hydrogen (secondary N) is 1. The lowest BCUT2D eigenvalue weighted by molar-refractivity contribution is -0.0218. The fourth-order valence-electron chi connectivity index (χ4n) is 2.19. The molecule has 1 aromatic carbocycles. The van der Waals surface area contributed by atoms with Crippen molar-refractivity contribution in [3.05, 3.63) is 29.8 Å². The molecule has 20 heavy (non-hydrogen) atoms. The molecule has 5 heteroatoms. The number of fused-ring (bicyclic) bond motifs is 1. The van der Waals surface area contributed by atoms with Gasteiger partial charge in [0.25, 0.3) is 0 Å². The third-order valence-corrected chi connectivity index (χ3v) is 3.58. The van der Waals surface area contributed by atoms with E-state index in [2.05, 4.69) is 11.4 Å². The fraction of sp³-hybridized carbons (Fsp3) is 0.533. The van der Waals surface area contributed by atoms with Gasteiger partial charge in [-0.3, -0.25) is 0 Å². The number of aliphatic hydroxyl groups is 1. The van der Waals surface area contributed by atoms with Crippen LogP contribution in [0.5, 0.6) is 0 Å². The van der Waals surface area contributed by atoms with Crippen molar-refractivity contribution in [2.75, 3.05) is 25.5 Å². The number of hydrogen-bond donors (Lipinski definition) is 2. The summed E-state index contributed by atoms with van der Waals surface area (Å²) in [5, 5.41) is 12.5. The molecule has 1 aliphatic heterocycles. The number of carbonyl (C=O) groups excluding carboxylic acids is 1. The Labute approximate surface area is 119 Å². The topological polar surface area (TPSA) is 61.8 Å². The maximum Gasteiger partial charge on any atom is 0.410 e. The highest BCUT2D eigenvalue weighted by Crippen LogP contribution is 2.23.